The Kier molecular flexibility index (Phi) is 6.12. The molecular weight excluding hydrogens is 358 g/mol. The molecule has 144 valence electrons. The van der Waals surface area contributed by atoms with Crippen molar-refractivity contribution < 1.29 is 22.7 Å². The van der Waals surface area contributed by atoms with E-state index < -0.39 is 16.1 Å². The third-order valence-corrected chi connectivity index (χ3v) is 5.77. The molecule has 0 spiro atoms. The molecule has 0 radical (unpaired) electrons. The van der Waals surface area contributed by atoms with Gasteiger partial charge in [0, 0.05) is 26.1 Å². The van der Waals surface area contributed by atoms with Crippen LogP contribution in [0, 0.1) is 5.92 Å². The summed E-state index contributed by atoms with van der Waals surface area (Å²) in [6.07, 6.45) is 1.58. The van der Waals surface area contributed by atoms with Crippen molar-refractivity contribution in [3.63, 3.8) is 0 Å². The van der Waals surface area contributed by atoms with Gasteiger partial charge in [-0.05, 0) is 44.0 Å². The summed E-state index contributed by atoms with van der Waals surface area (Å²) in [5, 5.41) is 0. The van der Waals surface area contributed by atoms with Crippen molar-refractivity contribution in [3.05, 3.63) is 24.3 Å². The highest BCUT2D eigenvalue weighted by Gasteiger charge is 2.29. The first kappa shape index (κ1) is 20.0. The van der Waals surface area contributed by atoms with Crippen LogP contribution < -0.4 is 14.8 Å². The molecule has 0 aliphatic carbocycles. The van der Waals surface area contributed by atoms with E-state index in [2.05, 4.69) is 0 Å². The lowest BCUT2D eigenvalue weighted by atomic mass is 9.96. The number of hydrogen-bond donors (Lipinski definition) is 1. The van der Waals surface area contributed by atoms with E-state index in [9.17, 15) is 18.0 Å². The van der Waals surface area contributed by atoms with E-state index in [-0.39, 0.29) is 17.7 Å². The van der Waals surface area contributed by atoms with Gasteiger partial charge in [0.1, 0.15) is 5.75 Å². The molecule has 1 fully saturated rings. The van der Waals surface area contributed by atoms with Crippen molar-refractivity contribution in [2.75, 3.05) is 30.7 Å². The Morgan fingerprint density at radius 3 is 2.23 bits per heavy atom. The summed E-state index contributed by atoms with van der Waals surface area (Å²) < 4.78 is 29.9. The molecule has 1 aliphatic rings. The molecule has 0 unspecified atom stereocenters. The zero-order valence-electron chi connectivity index (χ0n) is 15.2. The summed E-state index contributed by atoms with van der Waals surface area (Å²) in [5.74, 6) is -0.163. The molecule has 1 atom stereocenters. The van der Waals surface area contributed by atoms with Crippen LogP contribution >= 0.6 is 0 Å². The summed E-state index contributed by atoms with van der Waals surface area (Å²) in [6, 6.07) is 6.48. The highest BCUT2D eigenvalue weighted by Crippen LogP contribution is 2.22. The predicted octanol–water partition coefficient (Wildman–Crippen LogP) is 0.574. The zero-order valence-corrected chi connectivity index (χ0v) is 16.0. The number of nitrogens with zero attached hydrogens (tertiary/aromatic N) is 2. The molecule has 1 aliphatic heterocycles. The first-order valence-corrected chi connectivity index (χ1v) is 10.2. The third kappa shape index (κ3) is 4.87. The molecule has 1 heterocycles. The molecule has 1 aromatic rings. The van der Waals surface area contributed by atoms with E-state index >= 15 is 0 Å². The molecule has 0 aromatic heterocycles. The van der Waals surface area contributed by atoms with Crippen LogP contribution in [0.5, 0.6) is 5.75 Å². The fourth-order valence-corrected chi connectivity index (χ4v) is 3.33. The van der Waals surface area contributed by atoms with Crippen LogP contribution in [-0.4, -0.2) is 57.6 Å². The van der Waals surface area contributed by atoms with E-state index in [1.165, 1.54) is 7.05 Å². The molecule has 2 amide bonds. The number of sulfonamides is 1. The number of piperidine rings is 1. The summed E-state index contributed by atoms with van der Waals surface area (Å²) in [5.41, 5.74) is 5.81. The SMILES string of the molecule is C[C@H](Oc1ccc(N(C)S(C)(=O)=O)cc1)C(=O)N1CCC(C(N)=O)CC1. The number of primary amides is 1. The van der Waals surface area contributed by atoms with Gasteiger partial charge < -0.3 is 15.4 Å². The average Bonchev–Trinajstić information content (AvgIpc) is 2.60. The van der Waals surface area contributed by atoms with Gasteiger partial charge in [0.25, 0.3) is 5.91 Å². The van der Waals surface area contributed by atoms with E-state index in [1.807, 2.05) is 0 Å². The Morgan fingerprint density at radius 2 is 1.77 bits per heavy atom. The Bertz CT molecular complexity index is 755. The molecule has 1 aromatic carbocycles. The van der Waals surface area contributed by atoms with E-state index in [0.717, 1.165) is 10.6 Å². The van der Waals surface area contributed by atoms with E-state index in [0.29, 0.717) is 37.4 Å². The minimum absolute atomic E-state index is 0.148. The normalized spacial score (nSPS) is 16.8. The van der Waals surface area contributed by atoms with Gasteiger partial charge in [0.05, 0.1) is 11.9 Å². The first-order valence-electron chi connectivity index (χ1n) is 8.38. The molecule has 26 heavy (non-hydrogen) atoms. The number of carbonyl (C=O) groups excluding carboxylic acids is 2. The van der Waals surface area contributed by atoms with Gasteiger partial charge in [-0.25, -0.2) is 8.42 Å². The fourth-order valence-electron chi connectivity index (χ4n) is 2.82. The Morgan fingerprint density at radius 1 is 1.23 bits per heavy atom. The largest absolute Gasteiger partial charge is 0.481 e. The van der Waals surface area contributed by atoms with Gasteiger partial charge in [-0.2, -0.15) is 0 Å². The van der Waals surface area contributed by atoms with Gasteiger partial charge >= 0.3 is 0 Å². The topological polar surface area (TPSA) is 110 Å². The van der Waals surface area contributed by atoms with E-state index in [1.54, 1.807) is 36.1 Å². The smallest absolute Gasteiger partial charge is 0.263 e. The second kappa shape index (κ2) is 7.94. The number of amides is 2. The third-order valence-electron chi connectivity index (χ3n) is 4.57. The van der Waals surface area contributed by atoms with Crippen LogP contribution in [-0.2, 0) is 19.6 Å². The monoisotopic (exact) mass is 383 g/mol. The number of rotatable bonds is 6. The minimum atomic E-state index is -3.33. The second-order valence-corrected chi connectivity index (χ2v) is 8.50. The van der Waals surface area contributed by atoms with Gasteiger partial charge in [-0.1, -0.05) is 0 Å². The van der Waals surface area contributed by atoms with Gasteiger partial charge in [0.2, 0.25) is 15.9 Å². The van der Waals surface area contributed by atoms with Gasteiger partial charge in [0.15, 0.2) is 6.10 Å². The summed E-state index contributed by atoms with van der Waals surface area (Å²) in [4.78, 5) is 25.4. The predicted molar refractivity (Wildman–Crippen MR) is 98.3 cm³/mol. The van der Waals surface area contributed by atoms with E-state index in [4.69, 9.17) is 10.5 Å². The number of ether oxygens (including phenoxy) is 1. The van der Waals surface area contributed by atoms with Crippen molar-refractivity contribution in [1.82, 2.24) is 4.90 Å². The van der Waals surface area contributed by atoms with Crippen LogP contribution in [0.1, 0.15) is 19.8 Å². The lowest BCUT2D eigenvalue weighted by Gasteiger charge is -2.32. The highest BCUT2D eigenvalue weighted by molar-refractivity contribution is 7.92. The number of nitrogens with two attached hydrogens (primary N) is 1. The quantitative estimate of drug-likeness (QED) is 0.772. The lowest BCUT2D eigenvalue weighted by Crippen LogP contribution is -2.46. The standard InChI is InChI=1S/C17H25N3O5S/c1-12(17(22)20-10-8-13(9-11-20)16(18)21)25-15-6-4-14(5-7-15)19(2)26(3,23)24/h4-7,12-13H,8-11H2,1-3H3,(H2,18,21)/t12-/m0/s1. The van der Waals surface area contributed by atoms with Crippen LogP contribution in [0.4, 0.5) is 5.69 Å². The average molecular weight is 383 g/mol. The van der Waals surface area contributed by atoms with Crippen LogP contribution in [0.15, 0.2) is 24.3 Å². The molecular formula is C17H25N3O5S. The van der Waals surface area contributed by atoms with Gasteiger partial charge in [-0.15, -0.1) is 0 Å². The van der Waals surface area contributed by atoms with Crippen molar-refractivity contribution in [3.8, 4) is 5.75 Å². The van der Waals surface area contributed by atoms with Crippen LogP contribution in [0.3, 0.4) is 0 Å². The summed E-state index contributed by atoms with van der Waals surface area (Å²) >= 11 is 0. The van der Waals surface area contributed by atoms with Gasteiger partial charge in [-0.3, -0.25) is 13.9 Å². The molecule has 1 saturated heterocycles. The van der Waals surface area contributed by atoms with Crippen LogP contribution in [0.25, 0.3) is 0 Å². The first-order chi connectivity index (χ1) is 12.1. The maximum absolute atomic E-state index is 12.5. The molecule has 2 rings (SSSR count). The van der Waals surface area contributed by atoms with Crippen molar-refractivity contribution in [2.45, 2.75) is 25.9 Å². The Labute approximate surface area is 153 Å². The highest BCUT2D eigenvalue weighted by atomic mass is 32.2. The maximum atomic E-state index is 12.5. The molecule has 2 N–H and O–H groups in total. The van der Waals surface area contributed by atoms with Crippen LogP contribution in [0.2, 0.25) is 0 Å². The second-order valence-electron chi connectivity index (χ2n) is 6.49. The van der Waals surface area contributed by atoms with Crippen molar-refractivity contribution in [1.29, 1.82) is 0 Å². The number of carbonyl (C=O) groups is 2. The Hall–Kier alpha value is -2.29. The molecule has 0 saturated carbocycles. The number of likely N-dealkylation sites (tertiary alicyclic amines) is 1. The molecule has 0 bridgehead atoms. The maximum Gasteiger partial charge on any atom is 0.263 e. The zero-order chi connectivity index (χ0) is 19.5. The van der Waals surface area contributed by atoms with Crippen molar-refractivity contribution >= 4 is 27.5 Å². The number of anilines is 1. The molecule has 9 heteroatoms. The van der Waals surface area contributed by atoms with Crippen molar-refractivity contribution in [2.24, 2.45) is 11.7 Å². The summed E-state index contributed by atoms with van der Waals surface area (Å²) in [6.45, 7) is 2.63. The lowest BCUT2D eigenvalue weighted by molar-refractivity contribution is -0.140. The summed E-state index contributed by atoms with van der Waals surface area (Å²) in [7, 11) is -1.87. The number of hydrogen-bond acceptors (Lipinski definition) is 5. The fraction of sp³-hybridized carbons (Fsp3) is 0.529. The molecule has 8 nitrogen and oxygen atoms in total. The Balaban J connectivity index is 1.94. The minimum Gasteiger partial charge on any atom is -0.481 e. The number of benzene rings is 1.